The van der Waals surface area contributed by atoms with Gasteiger partial charge in [-0.05, 0) is 49.9 Å². The Morgan fingerprint density at radius 1 is 1.24 bits per heavy atom. The number of nitrogens with zero attached hydrogens (tertiary/aromatic N) is 1. The molecule has 4 rings (SSSR count). The number of ether oxygens (including phenoxy) is 2. The van der Waals surface area contributed by atoms with Gasteiger partial charge in [-0.15, -0.1) is 12.4 Å². The molecule has 0 saturated carbocycles. The topological polar surface area (TPSA) is 50.8 Å². The highest BCUT2D eigenvalue weighted by Crippen LogP contribution is 2.36. The van der Waals surface area contributed by atoms with E-state index in [1.165, 1.54) is 0 Å². The van der Waals surface area contributed by atoms with Crippen LogP contribution in [0.15, 0.2) is 23.8 Å². The number of fused-ring (bicyclic) bond motifs is 2. The Bertz CT molecular complexity index is 663. The molecule has 0 radical (unpaired) electrons. The van der Waals surface area contributed by atoms with Gasteiger partial charge in [0.05, 0.1) is 12.7 Å². The minimum absolute atomic E-state index is 0. The fourth-order valence-corrected chi connectivity index (χ4v) is 4.09. The molecule has 1 aromatic rings. The molecule has 0 unspecified atom stereocenters. The molecule has 2 saturated heterocycles. The van der Waals surface area contributed by atoms with Crippen molar-refractivity contribution in [1.29, 1.82) is 0 Å². The maximum Gasteiger partial charge on any atom is 0.253 e. The predicted molar refractivity (Wildman–Crippen MR) is 99.4 cm³/mol. The average molecular weight is 365 g/mol. The van der Waals surface area contributed by atoms with Crippen LogP contribution in [0.1, 0.15) is 18.4 Å². The summed E-state index contributed by atoms with van der Waals surface area (Å²) in [5.74, 6) is 3.02. The fraction of sp³-hybridized carbons (Fsp3) is 0.526. The van der Waals surface area contributed by atoms with Crippen LogP contribution in [0.5, 0.6) is 11.5 Å². The molecule has 25 heavy (non-hydrogen) atoms. The molecule has 0 bridgehead atoms. The summed E-state index contributed by atoms with van der Waals surface area (Å²) in [6.07, 6.45) is 4.15. The van der Waals surface area contributed by atoms with Crippen LogP contribution in [0.25, 0.3) is 6.08 Å². The van der Waals surface area contributed by atoms with Crippen molar-refractivity contribution >= 4 is 24.4 Å². The number of carbonyl (C=O) groups is 1. The number of nitrogens with one attached hydrogen (secondary N) is 1. The van der Waals surface area contributed by atoms with Gasteiger partial charge >= 0.3 is 0 Å². The van der Waals surface area contributed by atoms with Crippen LogP contribution in [-0.2, 0) is 4.79 Å². The molecule has 3 aliphatic heterocycles. The van der Waals surface area contributed by atoms with Crippen molar-refractivity contribution in [2.45, 2.75) is 12.8 Å². The second-order valence-corrected chi connectivity index (χ2v) is 6.88. The van der Waals surface area contributed by atoms with Gasteiger partial charge < -0.3 is 19.7 Å². The zero-order chi connectivity index (χ0) is 16.5. The van der Waals surface area contributed by atoms with Crippen molar-refractivity contribution in [2.75, 3.05) is 39.9 Å². The number of benzene rings is 1. The van der Waals surface area contributed by atoms with Gasteiger partial charge in [-0.1, -0.05) is 12.1 Å². The lowest BCUT2D eigenvalue weighted by Crippen LogP contribution is -2.35. The lowest BCUT2D eigenvalue weighted by molar-refractivity contribution is -0.127. The Hall–Kier alpha value is -1.72. The minimum Gasteiger partial charge on any atom is -0.493 e. The van der Waals surface area contributed by atoms with E-state index in [0.29, 0.717) is 12.4 Å². The molecule has 3 heterocycles. The van der Waals surface area contributed by atoms with Gasteiger partial charge in [-0.2, -0.15) is 0 Å². The van der Waals surface area contributed by atoms with Gasteiger partial charge in [-0.3, -0.25) is 4.79 Å². The summed E-state index contributed by atoms with van der Waals surface area (Å²) in [5.41, 5.74) is 1.65. The van der Waals surface area contributed by atoms with Crippen LogP contribution in [-0.4, -0.2) is 50.7 Å². The third kappa shape index (κ3) is 3.48. The lowest BCUT2D eigenvalue weighted by atomic mass is 9.92. The number of halogens is 1. The van der Waals surface area contributed by atoms with Crippen molar-refractivity contribution in [3.8, 4) is 11.5 Å². The summed E-state index contributed by atoms with van der Waals surface area (Å²) < 4.78 is 11.2. The van der Waals surface area contributed by atoms with E-state index >= 15 is 0 Å². The van der Waals surface area contributed by atoms with Crippen LogP contribution in [0.2, 0.25) is 0 Å². The van der Waals surface area contributed by atoms with E-state index in [1.807, 2.05) is 29.2 Å². The van der Waals surface area contributed by atoms with Crippen LogP contribution in [0.4, 0.5) is 0 Å². The molecule has 1 aromatic carbocycles. The van der Waals surface area contributed by atoms with Gasteiger partial charge in [0, 0.05) is 18.7 Å². The molecule has 136 valence electrons. The Morgan fingerprint density at radius 2 is 1.96 bits per heavy atom. The van der Waals surface area contributed by atoms with Crippen molar-refractivity contribution in [2.24, 2.45) is 11.8 Å². The van der Waals surface area contributed by atoms with Gasteiger partial charge in [0.15, 0.2) is 11.5 Å². The molecule has 1 amide bonds. The first-order chi connectivity index (χ1) is 11.8. The van der Waals surface area contributed by atoms with E-state index in [0.717, 1.165) is 67.7 Å². The van der Waals surface area contributed by atoms with E-state index in [9.17, 15) is 4.79 Å². The summed E-state index contributed by atoms with van der Waals surface area (Å²) in [6.45, 7) is 4.22. The molecule has 1 N–H and O–H groups in total. The van der Waals surface area contributed by atoms with E-state index < -0.39 is 0 Å². The summed E-state index contributed by atoms with van der Waals surface area (Å²) >= 11 is 0. The van der Waals surface area contributed by atoms with E-state index in [-0.39, 0.29) is 18.3 Å². The molecule has 3 aliphatic rings. The number of hydrogen-bond donors (Lipinski definition) is 1. The Balaban J connectivity index is 0.00000182. The number of amides is 1. The van der Waals surface area contributed by atoms with Gasteiger partial charge in [0.2, 0.25) is 0 Å². The van der Waals surface area contributed by atoms with Crippen molar-refractivity contribution < 1.29 is 14.3 Å². The fourth-order valence-electron chi connectivity index (χ4n) is 4.09. The molecule has 6 heteroatoms. The van der Waals surface area contributed by atoms with Crippen LogP contribution < -0.4 is 14.8 Å². The quantitative estimate of drug-likeness (QED) is 0.875. The van der Waals surface area contributed by atoms with E-state index in [1.54, 1.807) is 7.11 Å². The third-order valence-corrected chi connectivity index (χ3v) is 5.51. The van der Waals surface area contributed by atoms with Gasteiger partial charge in [0.25, 0.3) is 5.91 Å². The largest absolute Gasteiger partial charge is 0.493 e. The molecule has 0 spiro atoms. The Labute approximate surface area is 154 Å². The monoisotopic (exact) mass is 364 g/mol. The average Bonchev–Trinajstić information content (AvgIpc) is 2.98. The molecule has 5 nitrogen and oxygen atoms in total. The highest BCUT2D eigenvalue weighted by atomic mass is 35.5. The van der Waals surface area contributed by atoms with Crippen LogP contribution in [0, 0.1) is 11.8 Å². The van der Waals surface area contributed by atoms with Gasteiger partial charge in [0.1, 0.15) is 6.61 Å². The first-order valence-electron chi connectivity index (χ1n) is 8.76. The number of rotatable bonds is 2. The SMILES string of the molecule is COc1cccc2c1OCC(C(=O)N1CC[C@@H]3CNC[C@@H]3CC1)=C2.Cl. The molecule has 0 aromatic heterocycles. The summed E-state index contributed by atoms with van der Waals surface area (Å²) in [6, 6.07) is 5.76. The number of para-hydroxylation sites is 1. The zero-order valence-electron chi connectivity index (χ0n) is 14.5. The number of likely N-dealkylation sites (tertiary alicyclic amines) is 1. The normalized spacial score (nSPS) is 24.8. The predicted octanol–water partition coefficient (Wildman–Crippen LogP) is 2.35. The molecule has 0 aliphatic carbocycles. The van der Waals surface area contributed by atoms with Crippen LogP contribution in [0.3, 0.4) is 0 Å². The van der Waals surface area contributed by atoms with Gasteiger partial charge in [-0.25, -0.2) is 0 Å². The lowest BCUT2D eigenvalue weighted by Gasteiger charge is -2.25. The number of methoxy groups -OCH3 is 1. The highest BCUT2D eigenvalue weighted by molar-refractivity contribution is 5.99. The van der Waals surface area contributed by atoms with Crippen molar-refractivity contribution in [1.82, 2.24) is 10.2 Å². The Kier molecular flexibility index (Phi) is 5.54. The Morgan fingerprint density at radius 3 is 2.64 bits per heavy atom. The number of carbonyl (C=O) groups excluding carboxylic acids is 1. The van der Waals surface area contributed by atoms with Crippen molar-refractivity contribution in [3.63, 3.8) is 0 Å². The number of hydrogen-bond acceptors (Lipinski definition) is 4. The van der Waals surface area contributed by atoms with Crippen LogP contribution >= 0.6 is 12.4 Å². The van der Waals surface area contributed by atoms with E-state index in [2.05, 4.69) is 5.32 Å². The molecule has 2 atom stereocenters. The van der Waals surface area contributed by atoms with Crippen molar-refractivity contribution in [3.05, 3.63) is 29.3 Å². The second kappa shape index (κ2) is 7.67. The summed E-state index contributed by atoms with van der Waals surface area (Å²) in [4.78, 5) is 14.9. The van der Waals surface area contributed by atoms with E-state index in [4.69, 9.17) is 9.47 Å². The summed E-state index contributed by atoms with van der Waals surface area (Å²) in [5, 5.41) is 3.47. The first-order valence-corrected chi connectivity index (χ1v) is 8.76. The smallest absolute Gasteiger partial charge is 0.253 e. The maximum atomic E-state index is 12.9. The standard InChI is InChI=1S/C19H24N2O3.ClH/c1-23-17-4-2-3-13-9-16(12-24-18(13)17)19(22)21-7-5-14-10-20-11-15(14)6-8-21;/h2-4,9,14-15,20H,5-8,10-12H2,1H3;1H/t14-,15+;. The first kappa shape index (κ1) is 18.1. The second-order valence-electron chi connectivity index (χ2n) is 6.88. The summed E-state index contributed by atoms with van der Waals surface area (Å²) in [7, 11) is 1.63. The zero-order valence-corrected chi connectivity index (χ0v) is 15.3. The minimum atomic E-state index is 0. The third-order valence-electron chi connectivity index (χ3n) is 5.51. The molecule has 2 fully saturated rings. The maximum absolute atomic E-state index is 12.9. The highest BCUT2D eigenvalue weighted by Gasteiger charge is 2.32. The molecular formula is C19H25ClN2O3. The molecular weight excluding hydrogens is 340 g/mol.